The topological polar surface area (TPSA) is 75.5 Å². The zero-order valence-electron chi connectivity index (χ0n) is 12.1. The molecule has 5 heteroatoms. The van der Waals surface area contributed by atoms with Gasteiger partial charge in [0.25, 0.3) is 0 Å². The number of piperidine rings is 1. The molecular formula is C16H21N2O3+. The van der Waals surface area contributed by atoms with Crippen LogP contribution in [0.3, 0.4) is 0 Å². The third-order valence-electron chi connectivity index (χ3n) is 4.24. The Morgan fingerprint density at radius 1 is 1.24 bits per heavy atom. The molecule has 2 aromatic heterocycles. The van der Waals surface area contributed by atoms with Gasteiger partial charge in [-0.25, -0.2) is 0 Å². The molecule has 0 aliphatic carbocycles. The molecule has 0 aromatic carbocycles. The van der Waals surface area contributed by atoms with Crippen LogP contribution in [0.2, 0.25) is 0 Å². The minimum absolute atomic E-state index is 0.120. The van der Waals surface area contributed by atoms with E-state index in [0.29, 0.717) is 6.42 Å². The van der Waals surface area contributed by atoms with E-state index < -0.39 is 0 Å². The second kappa shape index (κ2) is 6.18. The van der Waals surface area contributed by atoms with E-state index >= 15 is 0 Å². The van der Waals surface area contributed by atoms with Crippen LogP contribution in [0.15, 0.2) is 50.8 Å². The van der Waals surface area contributed by atoms with Gasteiger partial charge in [0.2, 0.25) is 0 Å². The lowest BCUT2D eigenvalue weighted by atomic mass is 9.81. The summed E-state index contributed by atoms with van der Waals surface area (Å²) in [7, 11) is 0. The fraction of sp³-hybridized carbons (Fsp3) is 0.438. The normalized spacial score (nSPS) is 28.0. The van der Waals surface area contributed by atoms with Gasteiger partial charge in [0.15, 0.2) is 23.6 Å². The van der Waals surface area contributed by atoms with Gasteiger partial charge in [0.05, 0.1) is 24.2 Å². The number of nitrogens with zero attached hydrogens (tertiary/aromatic N) is 1. The van der Waals surface area contributed by atoms with Crippen molar-refractivity contribution in [2.45, 2.75) is 38.3 Å². The molecule has 0 amide bonds. The van der Waals surface area contributed by atoms with Crippen molar-refractivity contribution < 1.29 is 19.4 Å². The largest absolute Gasteiger partial charge is 0.463 e. The summed E-state index contributed by atoms with van der Waals surface area (Å²) in [4.78, 5) is 0. The van der Waals surface area contributed by atoms with Gasteiger partial charge >= 0.3 is 0 Å². The minimum Gasteiger partial charge on any atom is -0.463 e. The van der Waals surface area contributed by atoms with Gasteiger partial charge in [0, 0.05) is 6.42 Å². The molecule has 1 aliphatic rings. The molecule has 2 aromatic rings. The summed E-state index contributed by atoms with van der Waals surface area (Å²) in [5.74, 6) is 2.02. The molecule has 0 bridgehead atoms. The molecule has 3 N–H and O–H groups in total. The van der Waals surface area contributed by atoms with Crippen LogP contribution in [0.5, 0.6) is 0 Å². The molecule has 1 aliphatic heterocycles. The monoisotopic (exact) mass is 289 g/mol. The maximum atomic E-state index is 9.43. The molecule has 3 rings (SSSR count). The van der Waals surface area contributed by atoms with E-state index in [2.05, 4.69) is 17.4 Å². The van der Waals surface area contributed by atoms with Crippen molar-refractivity contribution in [3.63, 3.8) is 0 Å². The Kier molecular flexibility index (Phi) is 4.10. The maximum Gasteiger partial charge on any atom is 0.161 e. The van der Waals surface area contributed by atoms with E-state index in [9.17, 15) is 5.21 Å². The molecule has 0 radical (unpaired) electrons. The Labute approximate surface area is 123 Å². The van der Waals surface area contributed by atoms with Crippen LogP contribution in [-0.4, -0.2) is 10.9 Å². The van der Waals surface area contributed by atoms with Gasteiger partial charge in [-0.3, -0.25) is 0 Å². The molecule has 1 fully saturated rings. The van der Waals surface area contributed by atoms with Gasteiger partial charge in [-0.2, -0.15) is 0 Å². The quantitative estimate of drug-likeness (QED) is 0.671. The fourth-order valence-electron chi connectivity index (χ4n) is 3.28. The highest BCUT2D eigenvalue weighted by Gasteiger charge is 2.42. The van der Waals surface area contributed by atoms with Gasteiger partial charge in [0.1, 0.15) is 0 Å². The third-order valence-corrected chi connectivity index (χ3v) is 4.24. The average molecular weight is 289 g/mol. The van der Waals surface area contributed by atoms with Crippen molar-refractivity contribution >= 4 is 5.71 Å². The molecular weight excluding hydrogens is 268 g/mol. The summed E-state index contributed by atoms with van der Waals surface area (Å²) in [6, 6.07) is 7.99. The van der Waals surface area contributed by atoms with Crippen molar-refractivity contribution in [1.29, 1.82) is 0 Å². The number of hydrogen-bond acceptors (Lipinski definition) is 4. The second-order valence-corrected chi connectivity index (χ2v) is 5.55. The minimum atomic E-state index is 0.120. The Morgan fingerprint density at radius 2 is 1.95 bits per heavy atom. The number of nitrogens with two attached hydrogens (primary N) is 1. The Hall–Kier alpha value is -2.01. The first-order valence-electron chi connectivity index (χ1n) is 7.46. The van der Waals surface area contributed by atoms with E-state index in [1.807, 2.05) is 24.3 Å². The maximum absolute atomic E-state index is 9.43. The lowest BCUT2D eigenvalue weighted by Crippen LogP contribution is -2.90. The third kappa shape index (κ3) is 2.74. The summed E-state index contributed by atoms with van der Waals surface area (Å²) in [5, 5.41) is 15.3. The van der Waals surface area contributed by atoms with Crippen LogP contribution in [-0.2, 0) is 0 Å². The molecule has 3 atom stereocenters. The molecule has 1 saturated heterocycles. The first-order chi connectivity index (χ1) is 10.3. The highest BCUT2D eigenvalue weighted by molar-refractivity contribution is 5.87. The van der Waals surface area contributed by atoms with Gasteiger partial charge in [-0.1, -0.05) is 18.5 Å². The predicted molar refractivity (Wildman–Crippen MR) is 77.1 cm³/mol. The summed E-state index contributed by atoms with van der Waals surface area (Å²) >= 11 is 0. The van der Waals surface area contributed by atoms with Crippen molar-refractivity contribution in [1.82, 2.24) is 0 Å². The Balaban J connectivity index is 1.92. The van der Waals surface area contributed by atoms with E-state index in [1.54, 1.807) is 12.5 Å². The number of rotatable bonds is 4. The Morgan fingerprint density at radius 3 is 2.52 bits per heavy atom. The van der Waals surface area contributed by atoms with E-state index in [1.165, 1.54) is 0 Å². The summed E-state index contributed by atoms with van der Waals surface area (Å²) in [6.07, 6.45) is 6.09. The van der Waals surface area contributed by atoms with Crippen molar-refractivity contribution in [3.8, 4) is 0 Å². The SMILES string of the molecule is CCC[C@H]1/C(=N/O)C[C@@H](c2ccco2)[NH2+][C@H]1c1ccco1. The molecule has 3 heterocycles. The highest BCUT2D eigenvalue weighted by Crippen LogP contribution is 2.32. The van der Waals surface area contributed by atoms with Crippen LogP contribution in [0.4, 0.5) is 0 Å². The average Bonchev–Trinajstić information content (AvgIpc) is 3.21. The summed E-state index contributed by atoms with van der Waals surface area (Å²) < 4.78 is 11.1. The summed E-state index contributed by atoms with van der Waals surface area (Å²) in [6.45, 7) is 2.15. The van der Waals surface area contributed by atoms with Crippen LogP contribution in [0, 0.1) is 5.92 Å². The van der Waals surface area contributed by atoms with Crippen LogP contribution >= 0.6 is 0 Å². The molecule has 0 spiro atoms. The van der Waals surface area contributed by atoms with Crippen molar-refractivity contribution in [2.75, 3.05) is 0 Å². The van der Waals surface area contributed by atoms with Gasteiger partial charge in [-0.15, -0.1) is 0 Å². The Bertz CT molecular complexity index is 575. The van der Waals surface area contributed by atoms with E-state index in [-0.39, 0.29) is 18.0 Å². The van der Waals surface area contributed by atoms with E-state index in [4.69, 9.17) is 8.83 Å². The predicted octanol–water partition coefficient (Wildman–Crippen LogP) is 2.87. The van der Waals surface area contributed by atoms with E-state index in [0.717, 1.165) is 30.1 Å². The fourth-order valence-corrected chi connectivity index (χ4v) is 3.28. The van der Waals surface area contributed by atoms with Crippen LogP contribution in [0.1, 0.15) is 49.8 Å². The molecule has 0 unspecified atom stereocenters. The second-order valence-electron chi connectivity index (χ2n) is 5.55. The number of furan rings is 2. The summed E-state index contributed by atoms with van der Waals surface area (Å²) in [5.41, 5.74) is 0.835. The lowest BCUT2D eigenvalue weighted by Gasteiger charge is -2.33. The van der Waals surface area contributed by atoms with Crippen LogP contribution < -0.4 is 5.32 Å². The van der Waals surface area contributed by atoms with Crippen molar-refractivity contribution in [3.05, 3.63) is 48.3 Å². The number of quaternary nitrogens is 1. The number of oxime groups is 1. The molecule has 112 valence electrons. The van der Waals surface area contributed by atoms with Gasteiger partial charge in [-0.05, 0) is 30.7 Å². The molecule has 5 nitrogen and oxygen atoms in total. The first kappa shape index (κ1) is 13.9. The molecule has 0 saturated carbocycles. The first-order valence-corrected chi connectivity index (χ1v) is 7.46. The van der Waals surface area contributed by atoms with Crippen LogP contribution in [0.25, 0.3) is 0 Å². The molecule has 21 heavy (non-hydrogen) atoms. The van der Waals surface area contributed by atoms with Gasteiger partial charge < -0.3 is 19.4 Å². The highest BCUT2D eigenvalue weighted by atomic mass is 16.4. The zero-order chi connectivity index (χ0) is 14.7. The standard InChI is InChI=1S/C16H20N2O3/c1-2-5-11-12(18-19)10-13(14-6-3-8-20-14)17-16(11)15-7-4-9-21-15/h3-4,6-9,11,13,16-17,19H,2,5,10H2,1H3/p+1/b18-12+/t11-,13-,16+/m0/s1. The smallest absolute Gasteiger partial charge is 0.161 e. The lowest BCUT2D eigenvalue weighted by molar-refractivity contribution is -0.745. The number of hydrogen-bond donors (Lipinski definition) is 2. The zero-order valence-corrected chi connectivity index (χ0v) is 12.1. The van der Waals surface area contributed by atoms with Crippen molar-refractivity contribution in [2.24, 2.45) is 11.1 Å².